The van der Waals surface area contributed by atoms with Gasteiger partial charge in [0.25, 0.3) is 0 Å². The maximum atomic E-state index is 11.5. The molecule has 1 heterocycles. The van der Waals surface area contributed by atoms with Crippen LogP contribution in [-0.4, -0.2) is 22.0 Å². The van der Waals surface area contributed by atoms with Crippen molar-refractivity contribution in [3.8, 4) is 0 Å². The van der Waals surface area contributed by atoms with Crippen molar-refractivity contribution in [3.63, 3.8) is 0 Å². The number of hydrogen-bond acceptors (Lipinski definition) is 3. The van der Waals surface area contributed by atoms with Gasteiger partial charge in [0.2, 0.25) is 11.9 Å². The Morgan fingerprint density at radius 1 is 1.44 bits per heavy atom. The van der Waals surface area contributed by atoms with Gasteiger partial charge in [0, 0.05) is 19.0 Å². The SMILES string of the molecule is Nc1nc2ccccc2n1CCNC(=O)C1CC1. The quantitative estimate of drug-likeness (QED) is 0.847. The van der Waals surface area contributed by atoms with E-state index in [0.29, 0.717) is 19.0 Å². The minimum absolute atomic E-state index is 0.165. The van der Waals surface area contributed by atoms with Crippen molar-refractivity contribution >= 4 is 22.9 Å². The second kappa shape index (κ2) is 4.33. The fraction of sp³-hybridized carbons (Fsp3) is 0.385. The highest BCUT2D eigenvalue weighted by Gasteiger charge is 2.29. The van der Waals surface area contributed by atoms with Crippen LogP contribution in [0, 0.1) is 5.92 Å². The Bertz CT molecular complexity index is 586. The van der Waals surface area contributed by atoms with E-state index in [2.05, 4.69) is 10.3 Å². The number of nitrogens with zero attached hydrogens (tertiary/aromatic N) is 2. The van der Waals surface area contributed by atoms with Gasteiger partial charge < -0.3 is 15.6 Å². The van der Waals surface area contributed by atoms with Crippen molar-refractivity contribution in [2.75, 3.05) is 12.3 Å². The predicted molar refractivity (Wildman–Crippen MR) is 69.9 cm³/mol. The zero-order valence-electron chi connectivity index (χ0n) is 10.1. The molecule has 1 aliphatic rings. The van der Waals surface area contributed by atoms with E-state index >= 15 is 0 Å². The normalized spacial score (nSPS) is 14.9. The summed E-state index contributed by atoms with van der Waals surface area (Å²) in [5, 5.41) is 2.93. The molecule has 0 unspecified atom stereocenters. The second-order valence-electron chi connectivity index (χ2n) is 4.68. The van der Waals surface area contributed by atoms with Crippen LogP contribution in [-0.2, 0) is 11.3 Å². The number of rotatable bonds is 4. The van der Waals surface area contributed by atoms with E-state index in [1.165, 1.54) is 0 Å². The molecule has 1 fully saturated rings. The number of para-hydroxylation sites is 2. The number of amides is 1. The third-order valence-corrected chi connectivity index (χ3v) is 3.27. The van der Waals surface area contributed by atoms with Gasteiger partial charge in [-0.05, 0) is 25.0 Å². The molecule has 5 heteroatoms. The predicted octanol–water partition coefficient (Wildman–Crippen LogP) is 1.14. The Morgan fingerprint density at radius 3 is 3.00 bits per heavy atom. The molecule has 0 bridgehead atoms. The molecule has 3 N–H and O–H groups in total. The highest BCUT2D eigenvalue weighted by Crippen LogP contribution is 2.28. The van der Waals surface area contributed by atoms with Crippen LogP contribution in [0.2, 0.25) is 0 Å². The van der Waals surface area contributed by atoms with Crippen LogP contribution in [0.3, 0.4) is 0 Å². The number of imidazole rings is 1. The Morgan fingerprint density at radius 2 is 2.22 bits per heavy atom. The van der Waals surface area contributed by atoms with Gasteiger partial charge in [-0.2, -0.15) is 0 Å². The molecular weight excluding hydrogens is 228 g/mol. The average Bonchev–Trinajstić information content (AvgIpc) is 3.15. The first-order chi connectivity index (χ1) is 8.75. The zero-order valence-corrected chi connectivity index (χ0v) is 10.1. The fourth-order valence-electron chi connectivity index (χ4n) is 2.11. The molecule has 0 aliphatic heterocycles. The van der Waals surface area contributed by atoms with E-state index in [-0.39, 0.29) is 11.8 Å². The first-order valence-electron chi connectivity index (χ1n) is 6.24. The van der Waals surface area contributed by atoms with Crippen molar-refractivity contribution in [2.24, 2.45) is 5.92 Å². The summed E-state index contributed by atoms with van der Waals surface area (Å²) in [7, 11) is 0. The van der Waals surface area contributed by atoms with Crippen LogP contribution in [0.1, 0.15) is 12.8 Å². The van der Waals surface area contributed by atoms with Crippen LogP contribution in [0.4, 0.5) is 5.95 Å². The van der Waals surface area contributed by atoms with Crippen LogP contribution in [0.15, 0.2) is 24.3 Å². The molecule has 1 aromatic carbocycles. The second-order valence-corrected chi connectivity index (χ2v) is 4.68. The van der Waals surface area contributed by atoms with Gasteiger partial charge in [0.1, 0.15) is 0 Å². The number of fused-ring (bicyclic) bond motifs is 1. The van der Waals surface area contributed by atoms with Crippen molar-refractivity contribution in [1.82, 2.24) is 14.9 Å². The minimum atomic E-state index is 0.165. The maximum Gasteiger partial charge on any atom is 0.223 e. The number of nitrogens with one attached hydrogen (secondary N) is 1. The lowest BCUT2D eigenvalue weighted by molar-refractivity contribution is -0.122. The number of hydrogen-bond donors (Lipinski definition) is 2. The van der Waals surface area contributed by atoms with Gasteiger partial charge in [-0.3, -0.25) is 4.79 Å². The highest BCUT2D eigenvalue weighted by atomic mass is 16.2. The molecule has 94 valence electrons. The third-order valence-electron chi connectivity index (χ3n) is 3.27. The molecule has 1 aromatic heterocycles. The molecule has 3 rings (SSSR count). The van der Waals surface area contributed by atoms with E-state index in [1.54, 1.807) is 0 Å². The smallest absolute Gasteiger partial charge is 0.223 e. The summed E-state index contributed by atoms with van der Waals surface area (Å²) in [5.74, 6) is 0.914. The highest BCUT2D eigenvalue weighted by molar-refractivity contribution is 5.81. The molecule has 0 atom stereocenters. The number of aromatic nitrogens is 2. The van der Waals surface area contributed by atoms with E-state index < -0.39 is 0 Å². The molecular formula is C13H16N4O. The molecule has 0 spiro atoms. The molecule has 0 radical (unpaired) electrons. The molecule has 1 saturated carbocycles. The van der Waals surface area contributed by atoms with Crippen molar-refractivity contribution in [1.29, 1.82) is 0 Å². The minimum Gasteiger partial charge on any atom is -0.369 e. The van der Waals surface area contributed by atoms with E-state index in [0.717, 1.165) is 23.9 Å². The van der Waals surface area contributed by atoms with Gasteiger partial charge in [0.05, 0.1) is 11.0 Å². The summed E-state index contributed by atoms with van der Waals surface area (Å²) in [4.78, 5) is 15.8. The molecule has 0 saturated heterocycles. The third kappa shape index (κ3) is 2.03. The molecule has 2 aromatic rings. The zero-order chi connectivity index (χ0) is 12.5. The number of nitrogen functional groups attached to an aromatic ring is 1. The Labute approximate surface area is 105 Å². The number of anilines is 1. The lowest BCUT2D eigenvalue weighted by Crippen LogP contribution is -2.28. The van der Waals surface area contributed by atoms with Gasteiger partial charge in [-0.1, -0.05) is 12.1 Å². The Kier molecular flexibility index (Phi) is 2.66. The lowest BCUT2D eigenvalue weighted by Gasteiger charge is -2.07. The summed E-state index contributed by atoms with van der Waals surface area (Å²) in [6.07, 6.45) is 2.06. The van der Waals surface area contributed by atoms with Crippen molar-refractivity contribution in [3.05, 3.63) is 24.3 Å². The van der Waals surface area contributed by atoms with Gasteiger partial charge in [-0.15, -0.1) is 0 Å². The Hall–Kier alpha value is -2.04. The van der Waals surface area contributed by atoms with Gasteiger partial charge in [0.15, 0.2) is 0 Å². The monoisotopic (exact) mass is 244 g/mol. The molecule has 18 heavy (non-hydrogen) atoms. The van der Waals surface area contributed by atoms with Crippen LogP contribution < -0.4 is 11.1 Å². The molecule has 5 nitrogen and oxygen atoms in total. The van der Waals surface area contributed by atoms with E-state index in [9.17, 15) is 4.79 Å². The number of nitrogens with two attached hydrogens (primary N) is 1. The average molecular weight is 244 g/mol. The van der Waals surface area contributed by atoms with Gasteiger partial charge >= 0.3 is 0 Å². The molecule has 1 aliphatic carbocycles. The number of carbonyl (C=O) groups excluding carboxylic acids is 1. The molecule has 1 amide bonds. The summed E-state index contributed by atoms with van der Waals surface area (Å²) in [6.45, 7) is 1.25. The standard InChI is InChI=1S/C13H16N4O/c14-13-16-10-3-1-2-4-11(10)17(13)8-7-15-12(18)9-5-6-9/h1-4,9H,5-8H2,(H2,14,16)(H,15,18). The topological polar surface area (TPSA) is 72.9 Å². The van der Waals surface area contributed by atoms with E-state index in [4.69, 9.17) is 5.73 Å². The largest absolute Gasteiger partial charge is 0.369 e. The number of benzene rings is 1. The first-order valence-corrected chi connectivity index (χ1v) is 6.24. The van der Waals surface area contributed by atoms with E-state index in [1.807, 2.05) is 28.8 Å². The number of carbonyl (C=O) groups is 1. The Balaban J connectivity index is 1.69. The lowest BCUT2D eigenvalue weighted by atomic mass is 10.3. The van der Waals surface area contributed by atoms with Gasteiger partial charge in [-0.25, -0.2) is 4.98 Å². The van der Waals surface area contributed by atoms with Crippen molar-refractivity contribution < 1.29 is 4.79 Å². The summed E-state index contributed by atoms with van der Waals surface area (Å²) in [6, 6.07) is 7.82. The summed E-state index contributed by atoms with van der Waals surface area (Å²) < 4.78 is 1.93. The van der Waals surface area contributed by atoms with Crippen LogP contribution in [0.25, 0.3) is 11.0 Å². The summed E-state index contributed by atoms with van der Waals surface area (Å²) >= 11 is 0. The maximum absolute atomic E-state index is 11.5. The van der Waals surface area contributed by atoms with Crippen molar-refractivity contribution in [2.45, 2.75) is 19.4 Å². The summed E-state index contributed by atoms with van der Waals surface area (Å²) in [5.41, 5.74) is 7.78. The fourth-order valence-corrected chi connectivity index (χ4v) is 2.11. The van der Waals surface area contributed by atoms with Crippen LogP contribution >= 0.6 is 0 Å². The first kappa shape index (κ1) is 11.1. The van der Waals surface area contributed by atoms with Crippen LogP contribution in [0.5, 0.6) is 0 Å².